The van der Waals surface area contributed by atoms with Gasteiger partial charge in [-0.1, -0.05) is 24.3 Å². The molecule has 0 saturated carbocycles. The minimum atomic E-state index is -0.182. The molecule has 0 amide bonds. The second kappa shape index (κ2) is 5.48. The molecule has 0 spiro atoms. The van der Waals surface area contributed by atoms with E-state index < -0.39 is 0 Å². The predicted octanol–water partition coefficient (Wildman–Crippen LogP) is 0.708. The second-order valence-corrected chi connectivity index (χ2v) is 4.35. The van der Waals surface area contributed by atoms with Crippen molar-refractivity contribution in [3.05, 3.63) is 29.8 Å². The van der Waals surface area contributed by atoms with Crippen molar-refractivity contribution in [2.75, 3.05) is 13.2 Å². The number of nitrogens with two attached hydrogens (primary N) is 1. The lowest BCUT2D eigenvalue weighted by Gasteiger charge is -2.20. The average Bonchev–Trinajstić information content (AvgIpc) is 2.30. The van der Waals surface area contributed by atoms with Crippen molar-refractivity contribution in [1.29, 1.82) is 0 Å². The highest BCUT2D eigenvalue weighted by molar-refractivity contribution is 6.61. The van der Waals surface area contributed by atoms with Crippen LogP contribution in [0.5, 0.6) is 0 Å². The summed E-state index contributed by atoms with van der Waals surface area (Å²) >= 11 is 0. The normalized spacial score (nSPS) is 18.5. The molecule has 2 N–H and O–H groups in total. The predicted molar refractivity (Wildman–Crippen MR) is 65.7 cm³/mol. The zero-order valence-electron chi connectivity index (χ0n) is 9.69. The Bertz CT molecular complexity index is 320. The highest BCUT2D eigenvalue weighted by Gasteiger charge is 2.23. The third kappa shape index (κ3) is 3.08. The van der Waals surface area contributed by atoms with E-state index in [9.17, 15) is 0 Å². The van der Waals surface area contributed by atoms with Crippen LogP contribution in [0.1, 0.15) is 18.9 Å². The molecule has 0 radical (unpaired) electrons. The molecular formula is C12H18BNO2. The molecule has 2 rings (SSSR count). The molecule has 1 aliphatic heterocycles. The van der Waals surface area contributed by atoms with Crippen molar-refractivity contribution in [3.8, 4) is 0 Å². The van der Waals surface area contributed by atoms with Gasteiger partial charge in [-0.05, 0) is 30.8 Å². The molecule has 1 unspecified atom stereocenters. The molecule has 1 atom stereocenters. The molecule has 1 aromatic rings. The second-order valence-electron chi connectivity index (χ2n) is 4.35. The summed E-state index contributed by atoms with van der Waals surface area (Å²) in [5.41, 5.74) is 8.11. The van der Waals surface area contributed by atoms with Crippen molar-refractivity contribution in [1.82, 2.24) is 0 Å². The van der Waals surface area contributed by atoms with Gasteiger partial charge in [0.1, 0.15) is 0 Å². The monoisotopic (exact) mass is 219 g/mol. The van der Waals surface area contributed by atoms with Gasteiger partial charge in [0.05, 0.1) is 0 Å². The third-order valence-electron chi connectivity index (χ3n) is 2.64. The Kier molecular flexibility index (Phi) is 3.99. The summed E-state index contributed by atoms with van der Waals surface area (Å²) in [5, 5.41) is 0. The zero-order chi connectivity index (χ0) is 11.4. The standard InChI is InChI=1S/C12H18BNO2/c1-10(14)9-11-3-5-12(6-4-11)13-15-7-2-8-16-13/h3-6,10H,2,7-9,14H2,1H3. The fraction of sp³-hybridized carbons (Fsp3) is 0.500. The Morgan fingerprint density at radius 2 is 1.88 bits per heavy atom. The van der Waals surface area contributed by atoms with Crippen molar-refractivity contribution in [2.45, 2.75) is 25.8 Å². The maximum atomic E-state index is 5.76. The quantitative estimate of drug-likeness (QED) is 0.761. The van der Waals surface area contributed by atoms with Crippen LogP contribution in [0.25, 0.3) is 0 Å². The van der Waals surface area contributed by atoms with Gasteiger partial charge in [0.15, 0.2) is 0 Å². The molecule has 1 aliphatic rings. The van der Waals surface area contributed by atoms with Crippen LogP contribution in [-0.4, -0.2) is 26.4 Å². The van der Waals surface area contributed by atoms with Crippen LogP contribution in [0.4, 0.5) is 0 Å². The maximum absolute atomic E-state index is 5.76. The van der Waals surface area contributed by atoms with E-state index in [4.69, 9.17) is 15.0 Å². The van der Waals surface area contributed by atoms with Gasteiger partial charge in [0, 0.05) is 19.3 Å². The number of hydrogen-bond donors (Lipinski definition) is 1. The van der Waals surface area contributed by atoms with E-state index >= 15 is 0 Å². The summed E-state index contributed by atoms with van der Waals surface area (Å²) in [7, 11) is -0.182. The summed E-state index contributed by atoms with van der Waals surface area (Å²) in [6.07, 6.45) is 1.89. The van der Waals surface area contributed by atoms with E-state index in [2.05, 4.69) is 24.3 Å². The average molecular weight is 219 g/mol. The minimum Gasteiger partial charge on any atom is -0.407 e. The fourth-order valence-electron chi connectivity index (χ4n) is 1.86. The molecule has 3 nitrogen and oxygen atoms in total. The molecule has 0 aromatic heterocycles. The first-order valence-electron chi connectivity index (χ1n) is 5.83. The van der Waals surface area contributed by atoms with E-state index in [-0.39, 0.29) is 13.2 Å². The Morgan fingerprint density at radius 3 is 2.44 bits per heavy atom. The van der Waals surface area contributed by atoms with Crippen LogP contribution < -0.4 is 11.2 Å². The van der Waals surface area contributed by atoms with E-state index in [1.54, 1.807) is 0 Å². The Hall–Kier alpha value is -0.835. The smallest absolute Gasteiger partial charge is 0.407 e. The number of rotatable bonds is 3. The summed E-state index contributed by atoms with van der Waals surface area (Å²) in [6, 6.07) is 8.52. The molecule has 1 saturated heterocycles. The van der Waals surface area contributed by atoms with Crippen LogP contribution in [0, 0.1) is 0 Å². The molecule has 0 bridgehead atoms. The van der Waals surface area contributed by atoms with Gasteiger partial charge in [0.25, 0.3) is 0 Å². The van der Waals surface area contributed by atoms with Crippen molar-refractivity contribution < 1.29 is 9.31 Å². The van der Waals surface area contributed by atoms with Crippen molar-refractivity contribution in [2.24, 2.45) is 5.73 Å². The van der Waals surface area contributed by atoms with Gasteiger partial charge in [-0.2, -0.15) is 0 Å². The third-order valence-corrected chi connectivity index (χ3v) is 2.64. The van der Waals surface area contributed by atoms with Crippen molar-refractivity contribution >= 4 is 12.6 Å². The van der Waals surface area contributed by atoms with Gasteiger partial charge in [-0.25, -0.2) is 0 Å². The molecule has 1 fully saturated rings. The molecule has 1 aromatic carbocycles. The van der Waals surface area contributed by atoms with Gasteiger partial charge in [0.2, 0.25) is 0 Å². The molecule has 4 heteroatoms. The number of hydrogen-bond acceptors (Lipinski definition) is 3. The lowest BCUT2D eigenvalue weighted by molar-refractivity contribution is 0.143. The van der Waals surface area contributed by atoms with Gasteiger partial charge < -0.3 is 15.0 Å². The first-order chi connectivity index (χ1) is 7.75. The summed E-state index contributed by atoms with van der Waals surface area (Å²) in [5.74, 6) is 0. The van der Waals surface area contributed by atoms with Crippen LogP contribution in [0.2, 0.25) is 0 Å². The Balaban J connectivity index is 2.00. The zero-order valence-corrected chi connectivity index (χ0v) is 9.69. The molecular weight excluding hydrogens is 201 g/mol. The van der Waals surface area contributed by atoms with Gasteiger partial charge >= 0.3 is 7.12 Å². The van der Waals surface area contributed by atoms with E-state index in [0.717, 1.165) is 31.5 Å². The summed E-state index contributed by atoms with van der Waals surface area (Å²) in [4.78, 5) is 0. The van der Waals surface area contributed by atoms with Crippen LogP contribution in [-0.2, 0) is 15.7 Å². The molecule has 86 valence electrons. The highest BCUT2D eigenvalue weighted by Crippen LogP contribution is 2.05. The van der Waals surface area contributed by atoms with E-state index in [1.807, 2.05) is 6.92 Å². The summed E-state index contributed by atoms with van der Waals surface area (Å²) in [6.45, 7) is 3.58. The van der Waals surface area contributed by atoms with Crippen LogP contribution in [0.15, 0.2) is 24.3 Å². The lowest BCUT2D eigenvalue weighted by atomic mass is 9.77. The molecule has 1 heterocycles. The van der Waals surface area contributed by atoms with Crippen LogP contribution in [0.3, 0.4) is 0 Å². The van der Waals surface area contributed by atoms with E-state index in [1.165, 1.54) is 5.56 Å². The number of benzene rings is 1. The summed E-state index contributed by atoms with van der Waals surface area (Å²) < 4.78 is 11.1. The Morgan fingerprint density at radius 1 is 1.25 bits per heavy atom. The van der Waals surface area contributed by atoms with Crippen molar-refractivity contribution in [3.63, 3.8) is 0 Å². The highest BCUT2D eigenvalue weighted by atomic mass is 16.6. The molecule has 0 aliphatic carbocycles. The van der Waals surface area contributed by atoms with Crippen LogP contribution >= 0.6 is 0 Å². The Labute approximate surface area is 97.1 Å². The largest absolute Gasteiger partial charge is 0.493 e. The maximum Gasteiger partial charge on any atom is 0.493 e. The fourth-order valence-corrected chi connectivity index (χ4v) is 1.86. The minimum absolute atomic E-state index is 0.182. The molecule has 16 heavy (non-hydrogen) atoms. The van der Waals surface area contributed by atoms with E-state index in [0.29, 0.717) is 0 Å². The lowest BCUT2D eigenvalue weighted by Crippen LogP contribution is -2.40. The first kappa shape index (κ1) is 11.6. The topological polar surface area (TPSA) is 44.5 Å². The van der Waals surface area contributed by atoms with Gasteiger partial charge in [-0.3, -0.25) is 0 Å². The first-order valence-corrected chi connectivity index (χ1v) is 5.83. The SMILES string of the molecule is CC(N)Cc1ccc(B2OCCCO2)cc1. The van der Waals surface area contributed by atoms with Gasteiger partial charge in [-0.15, -0.1) is 0 Å².